The average Bonchev–Trinajstić information content (AvgIpc) is 3.20. The van der Waals surface area contributed by atoms with Gasteiger partial charge in [0.1, 0.15) is 25.3 Å². The average molecular weight is 669 g/mol. The first-order valence-corrected chi connectivity index (χ1v) is 16.3. The van der Waals surface area contributed by atoms with Gasteiger partial charge in [-0.25, -0.2) is 14.4 Å². The van der Waals surface area contributed by atoms with Crippen molar-refractivity contribution in [3.8, 4) is 0 Å². The second-order valence-corrected chi connectivity index (χ2v) is 12.7. The normalized spacial score (nSPS) is 17.4. The number of hydrogen-bond donors (Lipinski definition) is 6. The minimum atomic E-state index is -1.35. The molecule has 2 aromatic rings. The van der Waals surface area contributed by atoms with Crippen LogP contribution in [-0.2, 0) is 49.9 Å². The molecule has 1 aliphatic heterocycles. The number of carbonyl (C=O) groups excluding carboxylic acids is 4. The summed E-state index contributed by atoms with van der Waals surface area (Å²) in [6, 6.07) is 12.8. The Labute approximate surface area is 281 Å². The molecular formula is C35H48N4O9. The zero-order valence-corrected chi connectivity index (χ0v) is 28.0. The first kappa shape index (κ1) is 37.8. The third-order valence-electron chi connectivity index (χ3n) is 8.11. The molecule has 1 fully saturated rings. The lowest BCUT2D eigenvalue weighted by molar-refractivity contribution is -0.140. The van der Waals surface area contributed by atoms with E-state index in [-0.39, 0.29) is 25.0 Å². The Morgan fingerprint density at radius 3 is 1.71 bits per heavy atom. The van der Waals surface area contributed by atoms with Crippen LogP contribution in [0.1, 0.15) is 69.2 Å². The van der Waals surface area contributed by atoms with Gasteiger partial charge in [-0.15, -0.1) is 0 Å². The maximum absolute atomic E-state index is 12.9. The number of aliphatic carboxylic acids is 1. The molecule has 262 valence electrons. The lowest BCUT2D eigenvalue weighted by atomic mass is 10.0. The van der Waals surface area contributed by atoms with Crippen LogP contribution in [0.3, 0.4) is 0 Å². The number of ether oxygens (including phenoxy) is 2. The molecule has 2 aromatic carbocycles. The maximum Gasteiger partial charge on any atom is 0.408 e. The highest BCUT2D eigenvalue weighted by atomic mass is 16.6. The predicted molar refractivity (Wildman–Crippen MR) is 177 cm³/mol. The van der Waals surface area contributed by atoms with Crippen molar-refractivity contribution in [1.29, 1.82) is 0 Å². The van der Waals surface area contributed by atoms with Crippen molar-refractivity contribution in [1.82, 2.24) is 21.3 Å². The van der Waals surface area contributed by atoms with Gasteiger partial charge in [-0.05, 0) is 66.2 Å². The van der Waals surface area contributed by atoms with E-state index in [1.807, 2.05) is 48.5 Å². The Kier molecular flexibility index (Phi) is 14.7. The van der Waals surface area contributed by atoms with Crippen LogP contribution >= 0.6 is 0 Å². The molecule has 6 N–H and O–H groups in total. The van der Waals surface area contributed by atoms with Gasteiger partial charge in [0.05, 0.1) is 6.04 Å². The van der Waals surface area contributed by atoms with Crippen LogP contribution in [0.4, 0.5) is 9.59 Å². The number of hydrogen-bond acceptors (Lipinski definition) is 8. The molecule has 1 saturated heterocycles. The van der Waals surface area contributed by atoms with Crippen molar-refractivity contribution in [3.63, 3.8) is 0 Å². The van der Waals surface area contributed by atoms with Crippen LogP contribution in [-0.4, -0.2) is 71.0 Å². The summed E-state index contributed by atoms with van der Waals surface area (Å²) in [7, 11) is 0. The zero-order valence-electron chi connectivity index (χ0n) is 28.0. The zero-order chi connectivity index (χ0) is 35.2. The minimum absolute atomic E-state index is 0.0235. The van der Waals surface area contributed by atoms with E-state index in [0.29, 0.717) is 19.4 Å². The van der Waals surface area contributed by atoms with Crippen LogP contribution in [0.25, 0.3) is 0 Å². The Bertz CT molecular complexity index is 1380. The van der Waals surface area contributed by atoms with E-state index in [1.54, 1.807) is 27.7 Å². The molecule has 1 aliphatic rings. The number of carboxylic acids is 1. The first-order chi connectivity index (χ1) is 22.8. The van der Waals surface area contributed by atoms with Gasteiger partial charge in [0.2, 0.25) is 5.91 Å². The van der Waals surface area contributed by atoms with E-state index in [0.717, 1.165) is 41.5 Å². The van der Waals surface area contributed by atoms with Gasteiger partial charge in [0.15, 0.2) is 6.10 Å². The standard InChI is InChI=1S/C35H48N4O9/c1-21(2)28(31(41)37-27-9-6-18-36-32(42)30(27)40)38-34(45)47-19-25-14-10-23(11-15-25)7-5-8-24-12-16-26(17-13-24)20-48-35(46)39-29(22(3)4)33(43)44/h10-17,21-22,27-30,40H,5-9,18-20H2,1-4H3,(H,36,42)(H,37,41)(H,38,45)(H,39,46)(H,43,44)/t27?,28-,29-,30?/m0/s1. The number of amides is 4. The quantitative estimate of drug-likeness (QED) is 0.165. The highest BCUT2D eigenvalue weighted by Crippen LogP contribution is 2.14. The van der Waals surface area contributed by atoms with E-state index in [4.69, 9.17) is 9.47 Å². The van der Waals surface area contributed by atoms with Gasteiger partial charge in [-0.3, -0.25) is 9.59 Å². The van der Waals surface area contributed by atoms with Crippen molar-refractivity contribution >= 4 is 30.0 Å². The molecule has 48 heavy (non-hydrogen) atoms. The third kappa shape index (κ3) is 12.2. The summed E-state index contributed by atoms with van der Waals surface area (Å²) in [5.74, 6) is -2.66. The molecule has 0 aliphatic carbocycles. The topological polar surface area (TPSA) is 192 Å². The number of carbonyl (C=O) groups is 5. The highest BCUT2D eigenvalue weighted by Gasteiger charge is 2.33. The molecule has 13 heteroatoms. The molecule has 13 nitrogen and oxygen atoms in total. The molecule has 2 unspecified atom stereocenters. The number of aryl methyl sites for hydroxylation is 2. The lowest BCUT2D eigenvalue weighted by Crippen LogP contribution is -2.56. The van der Waals surface area contributed by atoms with Gasteiger partial charge < -0.3 is 41.0 Å². The van der Waals surface area contributed by atoms with Gasteiger partial charge >= 0.3 is 18.2 Å². The molecule has 4 amide bonds. The van der Waals surface area contributed by atoms with Crippen LogP contribution < -0.4 is 21.3 Å². The second kappa shape index (κ2) is 18.6. The molecule has 0 aromatic heterocycles. The fourth-order valence-electron chi connectivity index (χ4n) is 5.19. The molecule has 0 spiro atoms. The maximum atomic E-state index is 12.9. The summed E-state index contributed by atoms with van der Waals surface area (Å²) >= 11 is 0. The number of rotatable bonds is 15. The van der Waals surface area contributed by atoms with E-state index in [1.165, 1.54) is 0 Å². The second-order valence-electron chi connectivity index (χ2n) is 12.7. The predicted octanol–water partition coefficient (Wildman–Crippen LogP) is 3.20. The van der Waals surface area contributed by atoms with Crippen LogP contribution in [0, 0.1) is 11.8 Å². The minimum Gasteiger partial charge on any atom is -0.480 e. The number of benzene rings is 2. The monoisotopic (exact) mass is 668 g/mol. The van der Waals surface area contributed by atoms with Crippen LogP contribution in [0.2, 0.25) is 0 Å². The van der Waals surface area contributed by atoms with E-state index in [9.17, 15) is 34.2 Å². The number of nitrogens with one attached hydrogen (secondary N) is 4. The Morgan fingerprint density at radius 2 is 1.25 bits per heavy atom. The Morgan fingerprint density at radius 1 is 0.792 bits per heavy atom. The number of aliphatic hydroxyl groups excluding tert-OH is 1. The number of carboxylic acid groups (broad SMARTS) is 1. The van der Waals surface area contributed by atoms with Crippen molar-refractivity contribution in [2.45, 2.75) is 97.2 Å². The fraction of sp³-hybridized carbons (Fsp3) is 0.514. The molecule has 0 bridgehead atoms. The van der Waals surface area contributed by atoms with E-state index >= 15 is 0 Å². The number of aliphatic hydroxyl groups is 1. The number of alkyl carbamates (subject to hydrolysis) is 2. The Hall–Kier alpha value is -4.65. The summed E-state index contributed by atoms with van der Waals surface area (Å²) in [5.41, 5.74) is 3.85. The summed E-state index contributed by atoms with van der Waals surface area (Å²) < 4.78 is 10.5. The van der Waals surface area contributed by atoms with Gasteiger partial charge in [0, 0.05) is 6.54 Å². The molecular weight excluding hydrogens is 620 g/mol. The SMILES string of the molecule is CC(C)[C@H](NC(=O)OCc1ccc(CCCc2ccc(COC(=O)N[C@H](C(=O)NC3CCCNC(=O)C3O)C(C)C)cc2)cc1)C(=O)O. The van der Waals surface area contributed by atoms with Gasteiger partial charge in [-0.2, -0.15) is 0 Å². The molecule has 1 heterocycles. The third-order valence-corrected chi connectivity index (χ3v) is 8.11. The molecule has 4 atom stereocenters. The van der Waals surface area contributed by atoms with Crippen LogP contribution in [0.15, 0.2) is 48.5 Å². The van der Waals surface area contributed by atoms with Crippen LogP contribution in [0.5, 0.6) is 0 Å². The smallest absolute Gasteiger partial charge is 0.408 e. The van der Waals surface area contributed by atoms with E-state index in [2.05, 4.69) is 21.3 Å². The van der Waals surface area contributed by atoms with Gasteiger partial charge in [-0.1, -0.05) is 76.2 Å². The summed E-state index contributed by atoms with van der Waals surface area (Å²) in [6.45, 7) is 7.46. The Balaban J connectivity index is 1.38. The molecule has 3 rings (SSSR count). The summed E-state index contributed by atoms with van der Waals surface area (Å²) in [4.78, 5) is 60.6. The molecule has 0 saturated carbocycles. The molecule has 0 radical (unpaired) electrons. The largest absolute Gasteiger partial charge is 0.480 e. The summed E-state index contributed by atoms with van der Waals surface area (Å²) in [5, 5.41) is 29.7. The van der Waals surface area contributed by atoms with Gasteiger partial charge in [0.25, 0.3) is 5.91 Å². The van der Waals surface area contributed by atoms with Crippen molar-refractivity contribution < 1.29 is 43.7 Å². The lowest BCUT2D eigenvalue weighted by Gasteiger charge is -2.26. The highest BCUT2D eigenvalue weighted by molar-refractivity contribution is 5.88. The van der Waals surface area contributed by atoms with Crippen molar-refractivity contribution in [2.75, 3.05) is 6.54 Å². The van der Waals surface area contributed by atoms with Crippen molar-refractivity contribution in [3.05, 3.63) is 70.8 Å². The van der Waals surface area contributed by atoms with Crippen molar-refractivity contribution in [2.24, 2.45) is 11.8 Å². The first-order valence-electron chi connectivity index (χ1n) is 16.3. The summed E-state index contributed by atoms with van der Waals surface area (Å²) in [6.07, 6.45) is 0.768. The fourth-order valence-corrected chi connectivity index (χ4v) is 5.19. The van der Waals surface area contributed by atoms with E-state index < -0.39 is 54.2 Å².